The number of rotatable bonds is 11. The quantitative estimate of drug-likeness (QED) is 0.350. The highest BCUT2D eigenvalue weighted by molar-refractivity contribution is 5.69. The van der Waals surface area contributed by atoms with Gasteiger partial charge in [-0.3, -0.25) is 9.69 Å². The van der Waals surface area contributed by atoms with Crippen LogP contribution in [0, 0.1) is 0 Å². The van der Waals surface area contributed by atoms with Gasteiger partial charge in [-0.1, -0.05) is 91.0 Å². The minimum Gasteiger partial charge on any atom is -0.469 e. The number of esters is 1. The van der Waals surface area contributed by atoms with Crippen LogP contribution in [-0.4, -0.2) is 42.8 Å². The van der Waals surface area contributed by atoms with E-state index in [9.17, 15) is 4.79 Å². The Hall–Kier alpha value is -2.99. The third kappa shape index (κ3) is 7.49. The summed E-state index contributed by atoms with van der Waals surface area (Å²) in [4.78, 5) is 14.7. The lowest BCUT2D eigenvalue weighted by atomic mass is 9.90. The minimum absolute atomic E-state index is 0.00332. The van der Waals surface area contributed by atoms with Crippen molar-refractivity contribution in [1.29, 1.82) is 0 Å². The SMILES string of the molecule is COC(=O)C[C@H]1CC[C@@H](OCc2ccccc2)[C@H](COCc2ccccc2)N1Cc1ccccc1. The van der Waals surface area contributed by atoms with Crippen LogP contribution in [0.4, 0.5) is 0 Å². The van der Waals surface area contributed by atoms with Crippen LogP contribution in [0.3, 0.4) is 0 Å². The lowest BCUT2D eigenvalue weighted by Crippen LogP contribution is -2.56. The maximum atomic E-state index is 12.3. The number of carbonyl (C=O) groups is 1. The lowest BCUT2D eigenvalue weighted by Gasteiger charge is -2.46. The summed E-state index contributed by atoms with van der Waals surface area (Å²) in [7, 11) is 1.46. The first-order valence-electron chi connectivity index (χ1n) is 12.4. The number of hydrogen-bond donors (Lipinski definition) is 0. The van der Waals surface area contributed by atoms with Crippen LogP contribution in [0.15, 0.2) is 91.0 Å². The van der Waals surface area contributed by atoms with Gasteiger partial charge in [0.15, 0.2) is 0 Å². The van der Waals surface area contributed by atoms with Crippen molar-refractivity contribution in [2.75, 3.05) is 13.7 Å². The summed E-state index contributed by atoms with van der Waals surface area (Å²) in [5.41, 5.74) is 3.51. The van der Waals surface area contributed by atoms with Crippen molar-refractivity contribution in [2.24, 2.45) is 0 Å². The van der Waals surface area contributed by atoms with Crippen molar-refractivity contribution < 1.29 is 19.0 Å². The molecule has 4 rings (SSSR count). The highest BCUT2D eigenvalue weighted by atomic mass is 16.5. The molecule has 1 fully saturated rings. The van der Waals surface area contributed by atoms with E-state index in [-0.39, 0.29) is 24.2 Å². The van der Waals surface area contributed by atoms with Gasteiger partial charge in [0.1, 0.15) is 0 Å². The first-order chi connectivity index (χ1) is 17.2. The van der Waals surface area contributed by atoms with Crippen LogP contribution in [0.5, 0.6) is 0 Å². The Morgan fingerprint density at radius 3 is 1.97 bits per heavy atom. The molecule has 1 aliphatic rings. The number of methoxy groups -OCH3 is 1. The number of nitrogens with zero attached hydrogens (tertiary/aromatic N) is 1. The Kier molecular flexibility index (Phi) is 9.47. The lowest BCUT2D eigenvalue weighted by molar-refractivity contribution is -0.146. The summed E-state index contributed by atoms with van der Waals surface area (Å²) in [5.74, 6) is -0.180. The van der Waals surface area contributed by atoms with Crippen LogP contribution in [0.25, 0.3) is 0 Å². The van der Waals surface area contributed by atoms with Crippen molar-refractivity contribution in [3.8, 4) is 0 Å². The smallest absolute Gasteiger partial charge is 0.307 e. The molecule has 0 aliphatic carbocycles. The molecular weight excluding hydrogens is 438 g/mol. The molecule has 1 heterocycles. The third-order valence-electron chi connectivity index (χ3n) is 6.65. The second-order valence-electron chi connectivity index (χ2n) is 9.07. The zero-order valence-corrected chi connectivity index (χ0v) is 20.4. The molecule has 3 atom stereocenters. The third-order valence-corrected chi connectivity index (χ3v) is 6.65. The van der Waals surface area contributed by atoms with Gasteiger partial charge < -0.3 is 14.2 Å². The summed E-state index contributed by atoms with van der Waals surface area (Å²) >= 11 is 0. The van der Waals surface area contributed by atoms with Gasteiger partial charge in [-0.25, -0.2) is 0 Å². The maximum absolute atomic E-state index is 12.3. The van der Waals surface area contributed by atoms with Crippen LogP contribution >= 0.6 is 0 Å². The van der Waals surface area contributed by atoms with Gasteiger partial charge in [-0.05, 0) is 29.5 Å². The van der Waals surface area contributed by atoms with E-state index in [4.69, 9.17) is 14.2 Å². The van der Waals surface area contributed by atoms with Crippen LogP contribution in [0.2, 0.25) is 0 Å². The van der Waals surface area contributed by atoms with E-state index >= 15 is 0 Å². The Morgan fingerprint density at radius 1 is 0.800 bits per heavy atom. The van der Waals surface area contributed by atoms with Crippen molar-refractivity contribution in [3.05, 3.63) is 108 Å². The molecule has 184 valence electrons. The normalized spacial score (nSPS) is 20.4. The molecule has 0 saturated carbocycles. The summed E-state index contributed by atoms with van der Waals surface area (Å²) < 4.78 is 17.8. The highest BCUT2D eigenvalue weighted by Crippen LogP contribution is 2.30. The number of ether oxygens (including phenoxy) is 3. The predicted molar refractivity (Wildman–Crippen MR) is 137 cm³/mol. The van der Waals surface area contributed by atoms with Gasteiger partial charge in [0, 0.05) is 12.6 Å². The summed E-state index contributed by atoms with van der Waals surface area (Å²) in [6, 6.07) is 31.0. The van der Waals surface area contributed by atoms with Crippen molar-refractivity contribution in [2.45, 2.75) is 57.2 Å². The van der Waals surface area contributed by atoms with Crippen LogP contribution in [-0.2, 0) is 38.8 Å². The molecule has 0 N–H and O–H groups in total. The topological polar surface area (TPSA) is 48.0 Å². The van der Waals surface area contributed by atoms with Gasteiger partial charge in [0.05, 0.1) is 45.5 Å². The van der Waals surface area contributed by atoms with Gasteiger partial charge >= 0.3 is 5.97 Å². The van der Waals surface area contributed by atoms with E-state index in [2.05, 4.69) is 53.4 Å². The Morgan fingerprint density at radius 2 is 1.37 bits per heavy atom. The predicted octanol–water partition coefficient (Wildman–Crippen LogP) is 5.38. The first-order valence-corrected chi connectivity index (χ1v) is 12.4. The zero-order chi connectivity index (χ0) is 24.3. The number of piperidine rings is 1. The molecule has 0 radical (unpaired) electrons. The average molecular weight is 474 g/mol. The largest absolute Gasteiger partial charge is 0.469 e. The van der Waals surface area contributed by atoms with E-state index in [1.807, 2.05) is 42.5 Å². The van der Waals surface area contributed by atoms with E-state index in [1.54, 1.807) is 0 Å². The fourth-order valence-corrected chi connectivity index (χ4v) is 4.78. The van der Waals surface area contributed by atoms with Crippen molar-refractivity contribution in [3.63, 3.8) is 0 Å². The minimum atomic E-state index is -0.180. The van der Waals surface area contributed by atoms with Crippen LogP contribution in [0.1, 0.15) is 36.0 Å². The zero-order valence-electron chi connectivity index (χ0n) is 20.4. The average Bonchev–Trinajstić information content (AvgIpc) is 2.91. The van der Waals surface area contributed by atoms with E-state index in [0.29, 0.717) is 26.2 Å². The second kappa shape index (κ2) is 13.2. The van der Waals surface area contributed by atoms with Gasteiger partial charge in [0.25, 0.3) is 0 Å². The number of benzene rings is 3. The Bertz CT molecular complexity index is 1010. The second-order valence-corrected chi connectivity index (χ2v) is 9.07. The summed E-state index contributed by atoms with van der Waals surface area (Å²) in [5, 5.41) is 0. The molecule has 3 aromatic carbocycles. The van der Waals surface area contributed by atoms with Gasteiger partial charge in [0.2, 0.25) is 0 Å². The fraction of sp³-hybridized carbons (Fsp3) is 0.367. The molecule has 0 unspecified atom stereocenters. The standard InChI is InChI=1S/C30H35NO4/c1-33-30(32)19-27-17-18-29(35-22-26-15-9-4-10-16-26)28(23-34-21-25-13-7-3-8-14-25)31(27)20-24-11-5-2-6-12-24/h2-16,27-29H,17-23H2,1H3/t27-,28+,29-/m1/s1. The first kappa shape index (κ1) is 25.1. The molecule has 5 heteroatoms. The van der Waals surface area contributed by atoms with Gasteiger partial charge in [-0.2, -0.15) is 0 Å². The summed E-state index contributed by atoms with van der Waals surface area (Å²) in [6.07, 6.45) is 2.11. The molecule has 5 nitrogen and oxygen atoms in total. The highest BCUT2D eigenvalue weighted by Gasteiger charge is 2.39. The van der Waals surface area contributed by atoms with E-state index in [1.165, 1.54) is 12.7 Å². The molecule has 0 aromatic heterocycles. The monoisotopic (exact) mass is 473 g/mol. The number of likely N-dealkylation sites (tertiary alicyclic amines) is 1. The molecule has 0 spiro atoms. The molecule has 35 heavy (non-hydrogen) atoms. The molecular formula is C30H35NO4. The molecule has 1 aliphatic heterocycles. The van der Waals surface area contributed by atoms with E-state index < -0.39 is 0 Å². The number of carbonyl (C=O) groups excluding carboxylic acids is 1. The molecule has 0 amide bonds. The summed E-state index contributed by atoms with van der Waals surface area (Å²) in [6.45, 7) is 2.36. The van der Waals surface area contributed by atoms with E-state index in [0.717, 1.165) is 30.5 Å². The molecule has 3 aromatic rings. The molecule has 0 bridgehead atoms. The van der Waals surface area contributed by atoms with Crippen LogP contribution < -0.4 is 0 Å². The Balaban J connectivity index is 1.53. The van der Waals surface area contributed by atoms with Crippen molar-refractivity contribution in [1.82, 2.24) is 4.90 Å². The van der Waals surface area contributed by atoms with Crippen molar-refractivity contribution >= 4 is 5.97 Å². The molecule has 1 saturated heterocycles. The number of hydrogen-bond acceptors (Lipinski definition) is 5. The maximum Gasteiger partial charge on any atom is 0.307 e. The van der Waals surface area contributed by atoms with Gasteiger partial charge in [-0.15, -0.1) is 0 Å². The fourth-order valence-electron chi connectivity index (χ4n) is 4.78. The Labute approximate surface area is 208 Å².